The first-order valence-corrected chi connectivity index (χ1v) is 7.13. The largest absolute Gasteiger partial charge is 0.392 e. The molecule has 1 rings (SSSR count). The highest BCUT2D eigenvalue weighted by Gasteiger charge is 2.45. The molecule has 7 heteroatoms. The van der Waals surface area contributed by atoms with E-state index in [1.165, 1.54) is 9.80 Å². The number of carbonyl (C=O) groups is 2. The van der Waals surface area contributed by atoms with Crippen LogP contribution in [0.5, 0.6) is 0 Å². The highest BCUT2D eigenvalue weighted by Crippen LogP contribution is 2.33. The Morgan fingerprint density at radius 2 is 1.85 bits per heavy atom. The first-order valence-electron chi connectivity index (χ1n) is 6.72. The monoisotopic (exact) mass is 301 g/mol. The SMILES string of the molecule is CCN(CC(=O)N(C)C)C(=O)C1(C(N)=S)CCOCC1. The third-order valence-corrected chi connectivity index (χ3v) is 4.11. The lowest BCUT2D eigenvalue weighted by Crippen LogP contribution is -2.54. The van der Waals surface area contributed by atoms with Gasteiger partial charge in [0, 0.05) is 33.9 Å². The van der Waals surface area contributed by atoms with Gasteiger partial charge in [0.1, 0.15) is 5.41 Å². The van der Waals surface area contributed by atoms with E-state index in [1.807, 2.05) is 6.92 Å². The highest BCUT2D eigenvalue weighted by atomic mass is 32.1. The maximum atomic E-state index is 12.8. The Hall–Kier alpha value is -1.21. The van der Waals surface area contributed by atoms with Crippen molar-refractivity contribution in [2.75, 3.05) is 40.4 Å². The second-order valence-corrected chi connectivity index (χ2v) is 5.61. The molecule has 0 aromatic carbocycles. The van der Waals surface area contributed by atoms with Crippen molar-refractivity contribution in [2.45, 2.75) is 19.8 Å². The fourth-order valence-corrected chi connectivity index (χ4v) is 2.51. The van der Waals surface area contributed by atoms with Gasteiger partial charge in [-0.2, -0.15) is 0 Å². The summed E-state index contributed by atoms with van der Waals surface area (Å²) >= 11 is 5.12. The maximum Gasteiger partial charge on any atom is 0.241 e. The van der Waals surface area contributed by atoms with Gasteiger partial charge in [-0.05, 0) is 19.8 Å². The molecule has 1 heterocycles. The van der Waals surface area contributed by atoms with Gasteiger partial charge in [0.2, 0.25) is 11.8 Å². The average Bonchev–Trinajstić information content (AvgIpc) is 2.44. The van der Waals surface area contributed by atoms with Crippen molar-refractivity contribution in [1.29, 1.82) is 0 Å². The Balaban J connectivity index is 2.92. The topological polar surface area (TPSA) is 75.9 Å². The Morgan fingerprint density at radius 1 is 1.30 bits per heavy atom. The van der Waals surface area contributed by atoms with Crippen molar-refractivity contribution in [2.24, 2.45) is 11.1 Å². The van der Waals surface area contributed by atoms with Crippen LogP contribution in [0.25, 0.3) is 0 Å². The van der Waals surface area contributed by atoms with Gasteiger partial charge in [-0.15, -0.1) is 0 Å². The summed E-state index contributed by atoms with van der Waals surface area (Å²) < 4.78 is 5.30. The van der Waals surface area contributed by atoms with Crippen LogP contribution in [0.2, 0.25) is 0 Å². The van der Waals surface area contributed by atoms with Crippen molar-refractivity contribution in [3.05, 3.63) is 0 Å². The molecule has 0 spiro atoms. The first kappa shape index (κ1) is 16.8. The van der Waals surface area contributed by atoms with Crippen LogP contribution < -0.4 is 5.73 Å². The molecule has 0 aromatic heterocycles. The third kappa shape index (κ3) is 3.46. The third-order valence-electron chi connectivity index (χ3n) is 3.72. The van der Waals surface area contributed by atoms with Crippen molar-refractivity contribution in [3.63, 3.8) is 0 Å². The van der Waals surface area contributed by atoms with Gasteiger partial charge in [0.15, 0.2) is 0 Å². The van der Waals surface area contributed by atoms with Gasteiger partial charge in [-0.25, -0.2) is 0 Å². The van der Waals surface area contributed by atoms with Crippen molar-refractivity contribution in [1.82, 2.24) is 9.80 Å². The van der Waals surface area contributed by atoms with Gasteiger partial charge in [-0.3, -0.25) is 9.59 Å². The Morgan fingerprint density at radius 3 is 2.25 bits per heavy atom. The number of carbonyl (C=O) groups excluding carboxylic acids is 2. The lowest BCUT2D eigenvalue weighted by Gasteiger charge is -2.38. The number of rotatable bonds is 5. The summed E-state index contributed by atoms with van der Waals surface area (Å²) in [6, 6.07) is 0. The van der Waals surface area contributed by atoms with E-state index in [0.29, 0.717) is 32.6 Å². The average molecular weight is 301 g/mol. The second-order valence-electron chi connectivity index (χ2n) is 5.17. The van der Waals surface area contributed by atoms with Crippen LogP contribution in [0.15, 0.2) is 0 Å². The lowest BCUT2D eigenvalue weighted by atomic mass is 9.78. The normalized spacial score (nSPS) is 17.4. The summed E-state index contributed by atoms with van der Waals surface area (Å²) in [5.74, 6) is -0.281. The van der Waals surface area contributed by atoms with Crippen LogP contribution in [0.1, 0.15) is 19.8 Å². The minimum atomic E-state index is -0.865. The molecule has 0 aliphatic carbocycles. The Bertz CT molecular complexity index is 392. The van der Waals surface area contributed by atoms with Gasteiger partial charge in [-0.1, -0.05) is 12.2 Å². The van der Waals surface area contributed by atoms with Crippen molar-refractivity contribution >= 4 is 29.0 Å². The maximum absolute atomic E-state index is 12.8. The van der Waals surface area contributed by atoms with Gasteiger partial charge >= 0.3 is 0 Å². The molecule has 2 N–H and O–H groups in total. The van der Waals surface area contributed by atoms with E-state index in [1.54, 1.807) is 14.1 Å². The summed E-state index contributed by atoms with van der Waals surface area (Å²) in [4.78, 5) is 27.8. The Kier molecular flexibility index (Phi) is 5.88. The van der Waals surface area contributed by atoms with Crippen LogP contribution in [-0.2, 0) is 14.3 Å². The standard InChI is InChI=1S/C13H23N3O3S/c1-4-16(9-10(17)15(2)3)12(18)13(11(14)20)5-7-19-8-6-13/h4-9H2,1-3H3,(H2,14,20). The molecule has 0 unspecified atom stereocenters. The molecule has 1 aliphatic heterocycles. The number of amides is 2. The first-order chi connectivity index (χ1) is 9.35. The molecule has 0 atom stereocenters. The molecule has 1 saturated heterocycles. The van der Waals surface area contributed by atoms with E-state index in [0.717, 1.165) is 0 Å². The summed E-state index contributed by atoms with van der Waals surface area (Å²) in [6.45, 7) is 3.26. The molecule has 20 heavy (non-hydrogen) atoms. The highest BCUT2D eigenvalue weighted by molar-refractivity contribution is 7.80. The molecule has 0 bridgehead atoms. The Labute approximate surface area is 125 Å². The zero-order valence-corrected chi connectivity index (χ0v) is 13.2. The smallest absolute Gasteiger partial charge is 0.241 e. The van der Waals surface area contributed by atoms with E-state index < -0.39 is 5.41 Å². The van der Waals surface area contributed by atoms with Crippen molar-refractivity contribution in [3.8, 4) is 0 Å². The van der Waals surface area contributed by atoms with Crippen LogP contribution in [0, 0.1) is 5.41 Å². The number of likely N-dealkylation sites (N-methyl/N-ethyl adjacent to an activating group) is 2. The summed E-state index contributed by atoms with van der Waals surface area (Å²) in [6.07, 6.45) is 0.960. The van der Waals surface area contributed by atoms with E-state index in [2.05, 4.69) is 0 Å². The number of nitrogens with two attached hydrogens (primary N) is 1. The van der Waals surface area contributed by atoms with E-state index >= 15 is 0 Å². The zero-order valence-electron chi connectivity index (χ0n) is 12.3. The molecule has 6 nitrogen and oxygen atoms in total. The fourth-order valence-electron chi connectivity index (χ4n) is 2.22. The van der Waals surface area contributed by atoms with Gasteiger partial charge in [0.05, 0.1) is 11.5 Å². The quantitative estimate of drug-likeness (QED) is 0.724. The molecule has 2 amide bonds. The molecule has 114 valence electrons. The van der Waals surface area contributed by atoms with Crippen LogP contribution in [0.3, 0.4) is 0 Å². The van der Waals surface area contributed by atoms with E-state index in [-0.39, 0.29) is 23.3 Å². The predicted octanol–water partition coefficient (Wildman–Crippen LogP) is 0.00600. The molecular formula is C13H23N3O3S. The van der Waals surface area contributed by atoms with Crippen LogP contribution >= 0.6 is 12.2 Å². The number of hydrogen-bond donors (Lipinski definition) is 1. The van der Waals surface area contributed by atoms with E-state index in [9.17, 15) is 9.59 Å². The van der Waals surface area contributed by atoms with Gasteiger partial charge < -0.3 is 20.3 Å². The van der Waals surface area contributed by atoms with Crippen LogP contribution in [0.4, 0.5) is 0 Å². The zero-order chi connectivity index (χ0) is 15.3. The molecule has 1 aliphatic rings. The molecule has 0 saturated carbocycles. The number of hydrogen-bond acceptors (Lipinski definition) is 4. The van der Waals surface area contributed by atoms with Crippen molar-refractivity contribution < 1.29 is 14.3 Å². The minimum Gasteiger partial charge on any atom is -0.392 e. The number of nitrogens with zero attached hydrogens (tertiary/aromatic N) is 2. The second kappa shape index (κ2) is 6.99. The summed E-state index contributed by atoms with van der Waals surface area (Å²) in [5, 5.41) is 0. The minimum absolute atomic E-state index is 0.0492. The van der Waals surface area contributed by atoms with Gasteiger partial charge in [0.25, 0.3) is 0 Å². The summed E-state index contributed by atoms with van der Waals surface area (Å²) in [5.41, 5.74) is 4.95. The summed E-state index contributed by atoms with van der Waals surface area (Å²) in [7, 11) is 3.33. The molecule has 1 fully saturated rings. The molecule has 0 radical (unpaired) electrons. The van der Waals surface area contributed by atoms with Crippen LogP contribution in [-0.4, -0.2) is 67.0 Å². The number of ether oxygens (including phenoxy) is 1. The lowest BCUT2D eigenvalue weighted by molar-refractivity contribution is -0.146. The fraction of sp³-hybridized carbons (Fsp3) is 0.769. The predicted molar refractivity (Wildman–Crippen MR) is 80.2 cm³/mol. The van der Waals surface area contributed by atoms with E-state index in [4.69, 9.17) is 22.7 Å². The molecular weight excluding hydrogens is 278 g/mol. The number of thiocarbonyl (C=S) groups is 1. The molecule has 0 aromatic rings.